The highest BCUT2D eigenvalue weighted by atomic mass is 16.5. The van der Waals surface area contributed by atoms with Crippen LogP contribution in [0.2, 0.25) is 0 Å². The van der Waals surface area contributed by atoms with E-state index in [1.54, 1.807) is 18.4 Å². The van der Waals surface area contributed by atoms with Gasteiger partial charge in [0.05, 0.1) is 18.5 Å². The summed E-state index contributed by atoms with van der Waals surface area (Å²) >= 11 is 0. The zero-order chi connectivity index (χ0) is 17.8. The third kappa shape index (κ3) is 3.66. The summed E-state index contributed by atoms with van der Waals surface area (Å²) in [4.78, 5) is 16.5. The second-order valence-electron chi connectivity index (χ2n) is 6.40. The molecule has 2 aromatic rings. The van der Waals surface area contributed by atoms with E-state index in [-0.39, 0.29) is 24.3 Å². The van der Waals surface area contributed by atoms with Crippen LogP contribution in [0, 0.1) is 11.3 Å². The number of furan rings is 1. The van der Waals surface area contributed by atoms with E-state index < -0.39 is 0 Å². The fourth-order valence-electron chi connectivity index (χ4n) is 3.15. The number of carbonyl (C=O) groups excluding carboxylic acids is 1. The van der Waals surface area contributed by atoms with E-state index in [0.717, 1.165) is 30.5 Å². The Bertz CT molecular complexity index is 804. The highest BCUT2D eigenvalue weighted by molar-refractivity contribution is 5.77. The largest absolute Gasteiger partial charge is 0.467 e. The summed E-state index contributed by atoms with van der Waals surface area (Å²) in [6, 6.07) is 5.75. The Kier molecular flexibility index (Phi) is 5.03. The standard InChI is InChI=1S/C19H21N3O3/c1-12(2)18-15-7-3-6-14(15)16(9-20)19(22-18)25-11-17(23)21-10-13-5-4-8-24-13/h4-5,8,12H,3,6-7,10-11H2,1-2H3,(H,21,23). The van der Waals surface area contributed by atoms with Gasteiger partial charge in [0.15, 0.2) is 6.61 Å². The number of fused-ring (bicyclic) bond motifs is 1. The van der Waals surface area contributed by atoms with Crippen LogP contribution in [-0.4, -0.2) is 17.5 Å². The van der Waals surface area contributed by atoms with Crippen LogP contribution >= 0.6 is 0 Å². The molecule has 0 radical (unpaired) electrons. The molecule has 0 aromatic carbocycles. The Morgan fingerprint density at radius 2 is 2.24 bits per heavy atom. The lowest BCUT2D eigenvalue weighted by atomic mass is 9.98. The summed E-state index contributed by atoms with van der Waals surface area (Å²) in [6.45, 7) is 4.27. The molecule has 2 aromatic heterocycles. The minimum Gasteiger partial charge on any atom is -0.467 e. The Morgan fingerprint density at radius 3 is 2.92 bits per heavy atom. The molecule has 0 atom stereocenters. The van der Waals surface area contributed by atoms with E-state index in [0.29, 0.717) is 17.9 Å². The van der Waals surface area contributed by atoms with Crippen LogP contribution in [0.3, 0.4) is 0 Å². The van der Waals surface area contributed by atoms with E-state index in [1.807, 2.05) is 0 Å². The maximum Gasteiger partial charge on any atom is 0.258 e. The molecule has 2 heterocycles. The molecule has 0 saturated heterocycles. The van der Waals surface area contributed by atoms with Crippen LogP contribution in [0.1, 0.15) is 54.3 Å². The fraction of sp³-hybridized carbons (Fsp3) is 0.421. The molecule has 0 fully saturated rings. The van der Waals surface area contributed by atoms with Crippen molar-refractivity contribution in [3.63, 3.8) is 0 Å². The van der Waals surface area contributed by atoms with Gasteiger partial charge in [0.25, 0.3) is 5.91 Å². The van der Waals surface area contributed by atoms with Gasteiger partial charge >= 0.3 is 0 Å². The van der Waals surface area contributed by atoms with Crippen LogP contribution in [0.15, 0.2) is 22.8 Å². The smallest absolute Gasteiger partial charge is 0.258 e. The first-order valence-corrected chi connectivity index (χ1v) is 8.47. The Hall–Kier alpha value is -2.81. The van der Waals surface area contributed by atoms with Gasteiger partial charge in [-0.2, -0.15) is 5.26 Å². The summed E-state index contributed by atoms with van der Waals surface area (Å²) in [5.74, 6) is 0.896. The van der Waals surface area contributed by atoms with Gasteiger partial charge in [-0.1, -0.05) is 13.8 Å². The van der Waals surface area contributed by atoms with Crippen molar-refractivity contribution in [2.75, 3.05) is 6.61 Å². The number of hydrogen-bond acceptors (Lipinski definition) is 5. The van der Waals surface area contributed by atoms with Crippen molar-refractivity contribution in [2.24, 2.45) is 0 Å². The van der Waals surface area contributed by atoms with Crippen LogP contribution in [-0.2, 0) is 24.2 Å². The lowest BCUT2D eigenvalue weighted by Gasteiger charge is -2.16. The number of carbonyl (C=O) groups is 1. The van der Waals surface area contributed by atoms with E-state index in [4.69, 9.17) is 9.15 Å². The van der Waals surface area contributed by atoms with E-state index in [9.17, 15) is 10.1 Å². The fourth-order valence-corrected chi connectivity index (χ4v) is 3.15. The highest BCUT2D eigenvalue weighted by Gasteiger charge is 2.25. The van der Waals surface area contributed by atoms with Gasteiger partial charge in [-0.3, -0.25) is 4.79 Å². The highest BCUT2D eigenvalue weighted by Crippen LogP contribution is 2.35. The zero-order valence-corrected chi connectivity index (χ0v) is 14.5. The van der Waals surface area contributed by atoms with Crippen molar-refractivity contribution in [3.8, 4) is 11.9 Å². The number of nitrogens with one attached hydrogen (secondary N) is 1. The van der Waals surface area contributed by atoms with E-state index in [2.05, 4.69) is 30.2 Å². The normalized spacial score (nSPS) is 12.7. The first kappa shape index (κ1) is 17.0. The summed E-state index contributed by atoms with van der Waals surface area (Å²) < 4.78 is 10.8. The molecule has 130 valence electrons. The van der Waals surface area contributed by atoms with E-state index >= 15 is 0 Å². The number of amides is 1. The molecule has 25 heavy (non-hydrogen) atoms. The maximum absolute atomic E-state index is 12.0. The molecule has 0 bridgehead atoms. The number of nitrogens with zero attached hydrogens (tertiary/aromatic N) is 2. The average molecular weight is 339 g/mol. The molecule has 6 heteroatoms. The molecule has 3 rings (SSSR count). The Morgan fingerprint density at radius 1 is 1.44 bits per heavy atom. The van der Waals surface area contributed by atoms with Crippen molar-refractivity contribution in [1.82, 2.24) is 10.3 Å². The molecule has 0 spiro atoms. The van der Waals surface area contributed by atoms with Crippen LogP contribution in [0.25, 0.3) is 0 Å². The second kappa shape index (κ2) is 7.39. The zero-order valence-electron chi connectivity index (χ0n) is 14.5. The number of hydrogen-bond donors (Lipinski definition) is 1. The van der Waals surface area contributed by atoms with Crippen LogP contribution < -0.4 is 10.1 Å². The SMILES string of the molecule is CC(C)c1nc(OCC(=O)NCc2ccco2)c(C#N)c2c1CCC2. The molecule has 1 aliphatic carbocycles. The minimum atomic E-state index is -0.284. The number of pyridine rings is 1. The van der Waals surface area contributed by atoms with Gasteiger partial charge in [0.2, 0.25) is 5.88 Å². The molecule has 6 nitrogen and oxygen atoms in total. The molecule has 1 amide bonds. The van der Waals surface area contributed by atoms with Crippen LogP contribution in [0.4, 0.5) is 0 Å². The van der Waals surface area contributed by atoms with Gasteiger partial charge < -0.3 is 14.5 Å². The predicted octanol–water partition coefficient (Wildman–Crippen LogP) is 2.85. The van der Waals surface area contributed by atoms with Crippen molar-refractivity contribution >= 4 is 5.91 Å². The second-order valence-corrected chi connectivity index (χ2v) is 6.40. The average Bonchev–Trinajstić information content (AvgIpc) is 3.28. The third-order valence-corrected chi connectivity index (χ3v) is 4.30. The lowest BCUT2D eigenvalue weighted by molar-refractivity contribution is -0.123. The number of aromatic nitrogens is 1. The number of ether oxygens (including phenoxy) is 1. The lowest BCUT2D eigenvalue weighted by Crippen LogP contribution is -2.28. The summed E-state index contributed by atoms with van der Waals surface area (Å²) in [7, 11) is 0. The van der Waals surface area contributed by atoms with Crippen molar-refractivity contribution in [2.45, 2.75) is 45.6 Å². The van der Waals surface area contributed by atoms with Gasteiger partial charge in [-0.25, -0.2) is 4.98 Å². The minimum absolute atomic E-state index is 0.182. The topological polar surface area (TPSA) is 88.2 Å². The number of rotatable bonds is 6. The Balaban J connectivity index is 1.72. The summed E-state index contributed by atoms with van der Waals surface area (Å²) in [5.41, 5.74) is 3.65. The van der Waals surface area contributed by atoms with Gasteiger partial charge in [-0.05, 0) is 48.4 Å². The third-order valence-electron chi connectivity index (χ3n) is 4.30. The molecule has 0 saturated carbocycles. The molecule has 1 aliphatic rings. The molecular weight excluding hydrogens is 318 g/mol. The van der Waals surface area contributed by atoms with Crippen molar-refractivity contribution < 1.29 is 13.9 Å². The maximum atomic E-state index is 12.0. The molecule has 0 unspecified atom stereocenters. The molecular formula is C19H21N3O3. The van der Waals surface area contributed by atoms with Crippen molar-refractivity contribution in [3.05, 3.63) is 46.5 Å². The summed E-state index contributed by atoms with van der Waals surface area (Å²) in [6.07, 6.45) is 4.40. The first-order chi connectivity index (χ1) is 12.1. The quantitative estimate of drug-likeness (QED) is 0.874. The molecule has 1 N–H and O–H groups in total. The monoisotopic (exact) mass is 339 g/mol. The van der Waals surface area contributed by atoms with Crippen molar-refractivity contribution in [1.29, 1.82) is 5.26 Å². The van der Waals surface area contributed by atoms with Crippen LogP contribution in [0.5, 0.6) is 5.88 Å². The summed E-state index contributed by atoms with van der Waals surface area (Å²) in [5, 5.41) is 12.2. The van der Waals surface area contributed by atoms with Gasteiger partial charge in [0.1, 0.15) is 17.4 Å². The van der Waals surface area contributed by atoms with Gasteiger partial charge in [0, 0.05) is 0 Å². The number of nitriles is 1. The molecule has 0 aliphatic heterocycles. The first-order valence-electron chi connectivity index (χ1n) is 8.47. The van der Waals surface area contributed by atoms with E-state index in [1.165, 1.54) is 5.56 Å². The van der Waals surface area contributed by atoms with Gasteiger partial charge in [-0.15, -0.1) is 0 Å². The predicted molar refractivity (Wildman–Crippen MR) is 91.1 cm³/mol. The Labute approximate surface area is 146 Å².